The molecule has 2 nitrogen and oxygen atoms in total. The van der Waals surface area contributed by atoms with E-state index in [9.17, 15) is 4.79 Å². The Labute approximate surface area is 145 Å². The van der Waals surface area contributed by atoms with E-state index in [2.05, 4.69) is 5.32 Å². The molecule has 0 aliphatic heterocycles. The van der Waals surface area contributed by atoms with E-state index < -0.39 is 0 Å². The molecule has 2 aromatic rings. The van der Waals surface area contributed by atoms with Crippen LogP contribution in [0.25, 0.3) is 0 Å². The lowest BCUT2D eigenvalue weighted by atomic mass is 10.2. The molecule has 0 radical (unpaired) electrons. The second kappa shape index (κ2) is 9.13. The minimum atomic E-state index is -0.0141. The minimum Gasteiger partial charge on any atom is -0.351 e. The van der Waals surface area contributed by atoms with Crippen LogP contribution in [0.1, 0.15) is 15.9 Å². The van der Waals surface area contributed by atoms with E-state index in [-0.39, 0.29) is 5.91 Å². The summed E-state index contributed by atoms with van der Waals surface area (Å²) in [5.74, 6) is 1.80. The van der Waals surface area contributed by atoms with Crippen LogP contribution >= 0.6 is 35.1 Å². The topological polar surface area (TPSA) is 29.1 Å². The van der Waals surface area contributed by atoms with E-state index in [1.807, 2.05) is 54.8 Å². The number of rotatable bonds is 7. The van der Waals surface area contributed by atoms with Gasteiger partial charge in [0.05, 0.1) is 0 Å². The average Bonchev–Trinajstić information content (AvgIpc) is 2.56. The van der Waals surface area contributed by atoms with Gasteiger partial charge in [0.25, 0.3) is 5.91 Å². The largest absolute Gasteiger partial charge is 0.351 e. The maximum Gasteiger partial charge on any atom is 0.251 e. The van der Waals surface area contributed by atoms with Crippen molar-refractivity contribution in [2.75, 3.05) is 18.6 Å². The molecule has 1 amide bonds. The number of hydrogen-bond donors (Lipinski definition) is 1. The predicted octanol–water partition coefficient (Wildman–Crippen LogP) is 4.73. The SMILES string of the molecule is CSc1ccc(C(=O)NCCSCc2ccc(Cl)cc2)cc1. The highest BCUT2D eigenvalue weighted by atomic mass is 35.5. The van der Waals surface area contributed by atoms with Crippen molar-refractivity contribution in [1.82, 2.24) is 5.32 Å². The van der Waals surface area contributed by atoms with E-state index in [0.29, 0.717) is 12.1 Å². The molecule has 0 unspecified atom stereocenters. The van der Waals surface area contributed by atoms with Gasteiger partial charge in [-0.25, -0.2) is 0 Å². The molecule has 2 rings (SSSR count). The molecule has 116 valence electrons. The summed E-state index contributed by atoms with van der Waals surface area (Å²) in [5.41, 5.74) is 1.95. The lowest BCUT2D eigenvalue weighted by Gasteiger charge is -2.06. The zero-order valence-electron chi connectivity index (χ0n) is 12.3. The Morgan fingerprint density at radius 2 is 1.77 bits per heavy atom. The Morgan fingerprint density at radius 3 is 2.41 bits per heavy atom. The highest BCUT2D eigenvalue weighted by Gasteiger charge is 2.04. The lowest BCUT2D eigenvalue weighted by Crippen LogP contribution is -2.25. The van der Waals surface area contributed by atoms with Gasteiger partial charge in [0.15, 0.2) is 0 Å². The first-order valence-corrected chi connectivity index (χ1v) is 9.69. The van der Waals surface area contributed by atoms with Gasteiger partial charge in [-0.3, -0.25) is 4.79 Å². The van der Waals surface area contributed by atoms with Gasteiger partial charge in [-0.2, -0.15) is 11.8 Å². The maximum atomic E-state index is 12.0. The number of carbonyl (C=O) groups excluding carboxylic acids is 1. The molecule has 0 aliphatic carbocycles. The molecular formula is C17H18ClNOS2. The smallest absolute Gasteiger partial charge is 0.251 e. The molecule has 0 aromatic heterocycles. The van der Waals surface area contributed by atoms with Crippen LogP contribution in [0.5, 0.6) is 0 Å². The summed E-state index contributed by atoms with van der Waals surface area (Å²) < 4.78 is 0. The highest BCUT2D eigenvalue weighted by Crippen LogP contribution is 2.16. The van der Waals surface area contributed by atoms with Crippen molar-refractivity contribution in [2.24, 2.45) is 0 Å². The fourth-order valence-corrected chi connectivity index (χ4v) is 3.20. The molecule has 1 N–H and O–H groups in total. The van der Waals surface area contributed by atoms with E-state index in [1.54, 1.807) is 23.5 Å². The number of hydrogen-bond acceptors (Lipinski definition) is 3. The monoisotopic (exact) mass is 351 g/mol. The Bertz CT molecular complexity index is 599. The third kappa shape index (κ3) is 5.59. The second-order valence-corrected chi connectivity index (χ2v) is 7.08. The third-order valence-electron chi connectivity index (χ3n) is 3.07. The molecule has 0 atom stereocenters. The molecule has 0 heterocycles. The van der Waals surface area contributed by atoms with Gasteiger partial charge < -0.3 is 5.32 Å². The minimum absolute atomic E-state index is 0.0141. The van der Waals surface area contributed by atoms with Gasteiger partial charge in [0.2, 0.25) is 0 Å². The number of amides is 1. The van der Waals surface area contributed by atoms with Gasteiger partial charge in [-0.1, -0.05) is 23.7 Å². The van der Waals surface area contributed by atoms with Crippen molar-refractivity contribution in [2.45, 2.75) is 10.6 Å². The summed E-state index contributed by atoms with van der Waals surface area (Å²) in [6.45, 7) is 0.668. The zero-order valence-corrected chi connectivity index (χ0v) is 14.7. The van der Waals surface area contributed by atoms with Crippen molar-refractivity contribution in [3.8, 4) is 0 Å². The van der Waals surface area contributed by atoms with Gasteiger partial charge in [-0.05, 0) is 48.2 Å². The zero-order chi connectivity index (χ0) is 15.8. The summed E-state index contributed by atoms with van der Waals surface area (Å²) in [5, 5.41) is 3.70. The Kier molecular flexibility index (Phi) is 7.16. The molecule has 0 spiro atoms. The van der Waals surface area contributed by atoms with E-state index >= 15 is 0 Å². The first kappa shape index (κ1) is 17.3. The summed E-state index contributed by atoms with van der Waals surface area (Å²) in [4.78, 5) is 13.1. The van der Waals surface area contributed by atoms with Crippen molar-refractivity contribution in [3.63, 3.8) is 0 Å². The molecule has 2 aromatic carbocycles. The number of carbonyl (C=O) groups is 1. The molecule has 0 saturated carbocycles. The Morgan fingerprint density at radius 1 is 1.09 bits per heavy atom. The second-order valence-electron chi connectivity index (χ2n) is 4.66. The Balaban J connectivity index is 1.67. The van der Waals surface area contributed by atoms with Crippen LogP contribution in [-0.2, 0) is 5.75 Å². The first-order chi connectivity index (χ1) is 10.7. The molecule has 5 heteroatoms. The standard InChI is InChI=1S/C17H18ClNOS2/c1-21-16-8-4-14(5-9-16)17(20)19-10-11-22-12-13-2-6-15(18)7-3-13/h2-9H,10-12H2,1H3,(H,19,20). The quantitative estimate of drug-likeness (QED) is 0.577. The molecular weight excluding hydrogens is 334 g/mol. The van der Waals surface area contributed by atoms with Crippen molar-refractivity contribution < 1.29 is 4.79 Å². The van der Waals surface area contributed by atoms with Crippen molar-refractivity contribution >= 4 is 41.0 Å². The van der Waals surface area contributed by atoms with Gasteiger partial charge in [0, 0.05) is 33.5 Å². The fraction of sp³-hybridized carbons (Fsp3) is 0.235. The highest BCUT2D eigenvalue weighted by molar-refractivity contribution is 7.98. The summed E-state index contributed by atoms with van der Waals surface area (Å²) in [6, 6.07) is 15.5. The van der Waals surface area contributed by atoms with Crippen molar-refractivity contribution in [1.29, 1.82) is 0 Å². The van der Waals surface area contributed by atoms with Crippen LogP contribution in [0, 0.1) is 0 Å². The third-order valence-corrected chi connectivity index (χ3v) is 5.09. The van der Waals surface area contributed by atoms with Gasteiger partial charge >= 0.3 is 0 Å². The van der Waals surface area contributed by atoms with Crippen LogP contribution in [0.2, 0.25) is 5.02 Å². The molecule has 0 fully saturated rings. The molecule has 0 aliphatic rings. The fourth-order valence-electron chi connectivity index (χ4n) is 1.85. The van der Waals surface area contributed by atoms with Crippen LogP contribution in [0.4, 0.5) is 0 Å². The number of halogens is 1. The number of thioether (sulfide) groups is 2. The number of benzene rings is 2. The van der Waals surface area contributed by atoms with Crippen molar-refractivity contribution in [3.05, 3.63) is 64.7 Å². The van der Waals surface area contributed by atoms with Gasteiger partial charge in [-0.15, -0.1) is 11.8 Å². The van der Waals surface area contributed by atoms with E-state index in [0.717, 1.165) is 21.4 Å². The normalized spacial score (nSPS) is 10.5. The predicted molar refractivity (Wildman–Crippen MR) is 98.2 cm³/mol. The lowest BCUT2D eigenvalue weighted by molar-refractivity contribution is 0.0956. The molecule has 22 heavy (non-hydrogen) atoms. The number of nitrogens with one attached hydrogen (secondary N) is 1. The molecule has 0 saturated heterocycles. The van der Waals surface area contributed by atoms with Crippen LogP contribution < -0.4 is 5.32 Å². The maximum absolute atomic E-state index is 12.0. The average molecular weight is 352 g/mol. The van der Waals surface area contributed by atoms with E-state index in [1.165, 1.54) is 5.56 Å². The summed E-state index contributed by atoms with van der Waals surface area (Å²) in [6.07, 6.45) is 2.02. The summed E-state index contributed by atoms with van der Waals surface area (Å²) in [7, 11) is 0. The van der Waals surface area contributed by atoms with Gasteiger partial charge in [0.1, 0.15) is 0 Å². The Hall–Kier alpha value is -1.10. The van der Waals surface area contributed by atoms with Crippen LogP contribution in [-0.4, -0.2) is 24.5 Å². The molecule has 0 bridgehead atoms. The van der Waals surface area contributed by atoms with Crippen LogP contribution in [0.3, 0.4) is 0 Å². The van der Waals surface area contributed by atoms with Crippen LogP contribution in [0.15, 0.2) is 53.4 Å². The summed E-state index contributed by atoms with van der Waals surface area (Å²) >= 11 is 9.32. The first-order valence-electron chi connectivity index (χ1n) is 6.93. The van der Waals surface area contributed by atoms with E-state index in [4.69, 9.17) is 11.6 Å².